The monoisotopic (exact) mass is 249 g/mol. The van der Waals surface area contributed by atoms with Crippen LogP contribution in [-0.4, -0.2) is 28.6 Å². The summed E-state index contributed by atoms with van der Waals surface area (Å²) in [7, 11) is 0. The minimum absolute atomic E-state index is 0.0383. The minimum atomic E-state index is -0.745. The van der Waals surface area contributed by atoms with E-state index >= 15 is 0 Å². The molecule has 0 aliphatic heterocycles. The van der Waals surface area contributed by atoms with Crippen molar-refractivity contribution in [1.82, 2.24) is 4.90 Å². The molecular weight excluding hydrogens is 226 g/mol. The van der Waals surface area contributed by atoms with Gasteiger partial charge in [0.2, 0.25) is 0 Å². The van der Waals surface area contributed by atoms with E-state index in [1.165, 1.54) is 0 Å². The molecule has 0 saturated heterocycles. The highest BCUT2D eigenvalue weighted by atomic mass is 16.4. The van der Waals surface area contributed by atoms with E-state index in [-0.39, 0.29) is 12.5 Å². The van der Waals surface area contributed by atoms with Gasteiger partial charge in [-0.2, -0.15) is 0 Å². The van der Waals surface area contributed by atoms with Gasteiger partial charge in [-0.25, -0.2) is 0 Å². The molecular formula is C15H23NO2. The summed E-state index contributed by atoms with van der Waals surface area (Å²) in [6.07, 6.45) is 1.18. The summed E-state index contributed by atoms with van der Waals surface area (Å²) in [5.41, 5.74) is 1.09. The summed E-state index contributed by atoms with van der Waals surface area (Å²) in [6, 6.07) is 10.2. The number of rotatable bonds is 7. The molecule has 1 atom stereocenters. The molecule has 1 aromatic rings. The van der Waals surface area contributed by atoms with E-state index < -0.39 is 5.97 Å². The van der Waals surface area contributed by atoms with Gasteiger partial charge in [-0.05, 0) is 32.4 Å². The Labute approximate surface area is 109 Å². The molecule has 1 rings (SSSR count). The van der Waals surface area contributed by atoms with Gasteiger partial charge in [0.1, 0.15) is 0 Å². The SMILES string of the molecule is CCCN(C(C)C)C(CC(=O)O)c1ccccc1. The lowest BCUT2D eigenvalue weighted by Crippen LogP contribution is -2.36. The molecule has 18 heavy (non-hydrogen) atoms. The molecule has 3 nitrogen and oxygen atoms in total. The van der Waals surface area contributed by atoms with Crippen molar-refractivity contribution >= 4 is 5.97 Å². The molecule has 0 bridgehead atoms. The van der Waals surface area contributed by atoms with Gasteiger partial charge in [0.05, 0.1) is 6.42 Å². The van der Waals surface area contributed by atoms with Crippen LogP contribution < -0.4 is 0 Å². The van der Waals surface area contributed by atoms with Crippen molar-refractivity contribution in [3.05, 3.63) is 35.9 Å². The summed E-state index contributed by atoms with van der Waals surface area (Å²) in [4.78, 5) is 13.4. The number of aliphatic carboxylic acids is 1. The fourth-order valence-corrected chi connectivity index (χ4v) is 2.30. The lowest BCUT2D eigenvalue weighted by atomic mass is 10.0. The van der Waals surface area contributed by atoms with E-state index in [0.29, 0.717) is 6.04 Å². The van der Waals surface area contributed by atoms with E-state index in [1.807, 2.05) is 30.3 Å². The van der Waals surface area contributed by atoms with E-state index in [4.69, 9.17) is 5.11 Å². The Bertz CT molecular complexity index is 362. The topological polar surface area (TPSA) is 40.5 Å². The fourth-order valence-electron chi connectivity index (χ4n) is 2.30. The Morgan fingerprint density at radius 1 is 1.28 bits per heavy atom. The molecule has 0 fully saturated rings. The lowest BCUT2D eigenvalue weighted by molar-refractivity contribution is -0.138. The predicted molar refractivity (Wildman–Crippen MR) is 73.6 cm³/mol. The summed E-state index contributed by atoms with van der Waals surface area (Å²) in [6.45, 7) is 7.28. The second-order valence-electron chi connectivity index (χ2n) is 4.86. The molecule has 0 spiro atoms. The van der Waals surface area contributed by atoms with Gasteiger partial charge in [0, 0.05) is 12.1 Å². The highest BCUT2D eigenvalue weighted by Gasteiger charge is 2.24. The van der Waals surface area contributed by atoms with Crippen molar-refractivity contribution in [1.29, 1.82) is 0 Å². The number of nitrogens with zero attached hydrogens (tertiary/aromatic N) is 1. The van der Waals surface area contributed by atoms with E-state index in [0.717, 1.165) is 18.5 Å². The van der Waals surface area contributed by atoms with Crippen LogP contribution in [0.2, 0.25) is 0 Å². The highest BCUT2D eigenvalue weighted by Crippen LogP contribution is 2.26. The lowest BCUT2D eigenvalue weighted by Gasteiger charge is -2.34. The van der Waals surface area contributed by atoms with Crippen LogP contribution in [0, 0.1) is 0 Å². The van der Waals surface area contributed by atoms with Gasteiger partial charge in [-0.3, -0.25) is 9.69 Å². The number of hydrogen-bond acceptors (Lipinski definition) is 2. The zero-order valence-electron chi connectivity index (χ0n) is 11.5. The Morgan fingerprint density at radius 3 is 2.33 bits per heavy atom. The predicted octanol–water partition coefficient (Wildman–Crippen LogP) is 3.32. The number of benzene rings is 1. The maximum atomic E-state index is 11.1. The first-order chi connectivity index (χ1) is 8.56. The molecule has 1 aromatic carbocycles. The maximum absolute atomic E-state index is 11.1. The highest BCUT2D eigenvalue weighted by molar-refractivity contribution is 5.68. The molecule has 0 saturated carbocycles. The molecule has 0 radical (unpaired) electrons. The molecule has 0 aliphatic rings. The summed E-state index contributed by atoms with van der Waals surface area (Å²) < 4.78 is 0. The summed E-state index contributed by atoms with van der Waals surface area (Å²) in [5, 5.41) is 9.12. The Hall–Kier alpha value is -1.35. The molecule has 0 amide bonds. The van der Waals surface area contributed by atoms with Crippen LogP contribution in [-0.2, 0) is 4.79 Å². The number of carboxylic acid groups (broad SMARTS) is 1. The largest absolute Gasteiger partial charge is 0.481 e. The average molecular weight is 249 g/mol. The molecule has 1 N–H and O–H groups in total. The number of carboxylic acids is 1. The fraction of sp³-hybridized carbons (Fsp3) is 0.533. The zero-order valence-corrected chi connectivity index (χ0v) is 11.5. The van der Waals surface area contributed by atoms with Crippen LogP contribution in [0.15, 0.2) is 30.3 Å². The molecule has 100 valence electrons. The Balaban J connectivity index is 2.99. The van der Waals surface area contributed by atoms with Crippen molar-refractivity contribution in [3.63, 3.8) is 0 Å². The van der Waals surface area contributed by atoms with Crippen molar-refractivity contribution < 1.29 is 9.90 Å². The van der Waals surface area contributed by atoms with Crippen molar-refractivity contribution in [2.24, 2.45) is 0 Å². The maximum Gasteiger partial charge on any atom is 0.305 e. The first-order valence-corrected chi connectivity index (χ1v) is 6.58. The quantitative estimate of drug-likeness (QED) is 0.806. The van der Waals surface area contributed by atoms with Gasteiger partial charge >= 0.3 is 5.97 Å². The second kappa shape index (κ2) is 7.17. The molecule has 1 unspecified atom stereocenters. The minimum Gasteiger partial charge on any atom is -0.481 e. The normalized spacial score (nSPS) is 12.9. The third kappa shape index (κ3) is 4.15. The number of carbonyl (C=O) groups is 1. The average Bonchev–Trinajstić information content (AvgIpc) is 2.34. The van der Waals surface area contributed by atoms with Crippen molar-refractivity contribution in [2.45, 2.75) is 45.7 Å². The third-order valence-corrected chi connectivity index (χ3v) is 3.10. The van der Waals surface area contributed by atoms with Gasteiger partial charge in [0.25, 0.3) is 0 Å². The van der Waals surface area contributed by atoms with Crippen LogP contribution in [0.1, 0.15) is 45.2 Å². The third-order valence-electron chi connectivity index (χ3n) is 3.10. The van der Waals surface area contributed by atoms with E-state index in [1.54, 1.807) is 0 Å². The van der Waals surface area contributed by atoms with Crippen LogP contribution in [0.5, 0.6) is 0 Å². The molecule has 0 aromatic heterocycles. The zero-order chi connectivity index (χ0) is 13.5. The standard InChI is InChI=1S/C15H23NO2/c1-4-10-16(12(2)3)14(11-15(17)18)13-8-6-5-7-9-13/h5-9,12,14H,4,10-11H2,1-3H3,(H,17,18). The Morgan fingerprint density at radius 2 is 1.89 bits per heavy atom. The van der Waals surface area contributed by atoms with Crippen LogP contribution in [0.4, 0.5) is 0 Å². The van der Waals surface area contributed by atoms with Gasteiger partial charge in [-0.15, -0.1) is 0 Å². The first-order valence-electron chi connectivity index (χ1n) is 6.58. The van der Waals surface area contributed by atoms with Gasteiger partial charge in [0.15, 0.2) is 0 Å². The first kappa shape index (κ1) is 14.7. The smallest absolute Gasteiger partial charge is 0.305 e. The van der Waals surface area contributed by atoms with Crippen LogP contribution in [0.25, 0.3) is 0 Å². The molecule has 0 heterocycles. The molecule has 3 heteroatoms. The number of hydrogen-bond donors (Lipinski definition) is 1. The van der Waals surface area contributed by atoms with Crippen LogP contribution in [0.3, 0.4) is 0 Å². The summed E-state index contributed by atoms with van der Waals surface area (Å²) >= 11 is 0. The molecule has 0 aliphatic carbocycles. The van der Waals surface area contributed by atoms with Crippen molar-refractivity contribution in [3.8, 4) is 0 Å². The van der Waals surface area contributed by atoms with E-state index in [9.17, 15) is 4.79 Å². The van der Waals surface area contributed by atoms with Crippen LogP contribution >= 0.6 is 0 Å². The summed E-state index contributed by atoms with van der Waals surface area (Å²) in [5.74, 6) is -0.745. The van der Waals surface area contributed by atoms with E-state index in [2.05, 4.69) is 25.7 Å². The second-order valence-corrected chi connectivity index (χ2v) is 4.86. The van der Waals surface area contributed by atoms with Gasteiger partial charge < -0.3 is 5.11 Å². The van der Waals surface area contributed by atoms with Gasteiger partial charge in [-0.1, -0.05) is 37.3 Å². The van der Waals surface area contributed by atoms with Crippen molar-refractivity contribution in [2.75, 3.05) is 6.54 Å². The Kier molecular flexibility index (Phi) is 5.86.